The van der Waals surface area contributed by atoms with Crippen molar-refractivity contribution in [1.82, 2.24) is 10.2 Å². The van der Waals surface area contributed by atoms with Crippen molar-refractivity contribution >= 4 is 39.1 Å². The van der Waals surface area contributed by atoms with Crippen LogP contribution >= 0.6 is 11.6 Å². The lowest BCUT2D eigenvalue weighted by Gasteiger charge is -2.32. The summed E-state index contributed by atoms with van der Waals surface area (Å²) in [6.45, 7) is 7.15. The number of hydrogen-bond acceptors (Lipinski definition) is 4. The summed E-state index contributed by atoms with van der Waals surface area (Å²) in [5.41, 5.74) is 2.24. The number of benzene rings is 3. The van der Waals surface area contributed by atoms with Crippen LogP contribution in [0.15, 0.2) is 83.8 Å². The van der Waals surface area contributed by atoms with Crippen molar-refractivity contribution in [2.45, 2.75) is 57.6 Å². The second-order valence-corrected chi connectivity index (χ2v) is 11.6. The molecule has 0 unspecified atom stereocenters. The van der Waals surface area contributed by atoms with Gasteiger partial charge in [0.1, 0.15) is 12.6 Å². The largest absolute Gasteiger partial charge is 0.352 e. The quantitative estimate of drug-likeness (QED) is 0.353. The molecule has 0 aliphatic heterocycles. The van der Waals surface area contributed by atoms with Crippen molar-refractivity contribution in [1.29, 1.82) is 0 Å². The number of amides is 2. The molecular weight excluding hydrogens is 522 g/mol. The summed E-state index contributed by atoms with van der Waals surface area (Å²) in [4.78, 5) is 28.3. The van der Waals surface area contributed by atoms with E-state index in [2.05, 4.69) is 5.32 Å². The van der Waals surface area contributed by atoms with E-state index in [1.165, 1.54) is 29.2 Å². The van der Waals surface area contributed by atoms with Crippen LogP contribution in [0.1, 0.15) is 38.3 Å². The molecule has 1 N–H and O–H groups in total. The number of rotatable bonds is 11. The maximum atomic E-state index is 13.9. The van der Waals surface area contributed by atoms with Gasteiger partial charge in [-0.1, -0.05) is 66.6 Å². The highest BCUT2D eigenvalue weighted by Crippen LogP contribution is 2.25. The van der Waals surface area contributed by atoms with Crippen molar-refractivity contribution in [3.63, 3.8) is 0 Å². The average Bonchev–Trinajstić information content (AvgIpc) is 2.91. The van der Waals surface area contributed by atoms with E-state index in [0.717, 1.165) is 21.9 Å². The highest BCUT2D eigenvalue weighted by Gasteiger charge is 2.32. The van der Waals surface area contributed by atoms with Crippen LogP contribution in [0, 0.1) is 6.92 Å². The summed E-state index contributed by atoms with van der Waals surface area (Å²) in [5, 5.41) is 3.33. The molecule has 0 aliphatic carbocycles. The van der Waals surface area contributed by atoms with Gasteiger partial charge in [-0.05, 0) is 69.2 Å². The summed E-state index contributed by atoms with van der Waals surface area (Å²) in [7, 11) is -4.12. The second kappa shape index (κ2) is 12.9. The first-order chi connectivity index (χ1) is 18.0. The van der Waals surface area contributed by atoms with Crippen LogP contribution in [0.3, 0.4) is 0 Å². The van der Waals surface area contributed by atoms with E-state index in [1.54, 1.807) is 37.3 Å². The standard InChI is InChI=1S/C29H34ClN3O4S/c1-5-22(3)31-29(35)23(4)32(19-24-13-11-21(2)12-14-24)28(34)20-33(26-9-7-6-8-10-26)38(36,37)27-17-15-25(30)16-18-27/h6-18,22-23H,5,19-20H2,1-4H3,(H,31,35)/t22-,23-/m1/s1. The molecule has 0 aliphatic rings. The van der Waals surface area contributed by atoms with Gasteiger partial charge in [0, 0.05) is 17.6 Å². The first kappa shape index (κ1) is 29.2. The van der Waals surface area contributed by atoms with E-state index in [-0.39, 0.29) is 23.4 Å². The third-order valence-corrected chi connectivity index (χ3v) is 8.41. The lowest BCUT2D eigenvalue weighted by Crippen LogP contribution is -2.52. The molecule has 0 saturated heterocycles. The van der Waals surface area contributed by atoms with E-state index in [0.29, 0.717) is 10.7 Å². The van der Waals surface area contributed by atoms with E-state index < -0.39 is 28.5 Å². The Balaban J connectivity index is 1.99. The Hall–Kier alpha value is -3.36. The van der Waals surface area contributed by atoms with Crippen LogP contribution < -0.4 is 9.62 Å². The predicted octanol–water partition coefficient (Wildman–Crippen LogP) is 5.18. The number of aryl methyl sites for hydroxylation is 1. The summed E-state index contributed by atoms with van der Waals surface area (Å²) in [6.07, 6.45) is 0.742. The first-order valence-electron chi connectivity index (χ1n) is 12.5. The van der Waals surface area contributed by atoms with Gasteiger partial charge in [0.15, 0.2) is 0 Å². The molecule has 2 atom stereocenters. The SMILES string of the molecule is CC[C@@H](C)NC(=O)[C@@H](C)N(Cc1ccc(C)cc1)C(=O)CN(c1ccccc1)S(=O)(=O)c1ccc(Cl)cc1. The van der Waals surface area contributed by atoms with E-state index in [9.17, 15) is 18.0 Å². The number of para-hydroxylation sites is 1. The normalized spacial score (nSPS) is 12.9. The lowest BCUT2D eigenvalue weighted by molar-refractivity contribution is -0.139. The molecule has 0 radical (unpaired) electrons. The van der Waals surface area contributed by atoms with Crippen molar-refractivity contribution < 1.29 is 18.0 Å². The minimum atomic E-state index is -4.12. The monoisotopic (exact) mass is 555 g/mol. The molecule has 38 heavy (non-hydrogen) atoms. The molecule has 0 bridgehead atoms. The van der Waals surface area contributed by atoms with Crippen LogP contribution in [0.5, 0.6) is 0 Å². The van der Waals surface area contributed by atoms with E-state index in [4.69, 9.17) is 11.6 Å². The Bertz CT molecular complexity index is 1330. The van der Waals surface area contributed by atoms with Gasteiger partial charge in [-0.25, -0.2) is 8.42 Å². The van der Waals surface area contributed by atoms with Crippen molar-refractivity contribution in [2.75, 3.05) is 10.8 Å². The van der Waals surface area contributed by atoms with Gasteiger partial charge in [-0.2, -0.15) is 0 Å². The molecule has 202 valence electrons. The number of nitrogens with one attached hydrogen (secondary N) is 1. The Morgan fingerprint density at radius 3 is 2.11 bits per heavy atom. The number of halogens is 1. The Morgan fingerprint density at radius 2 is 1.53 bits per heavy atom. The lowest BCUT2D eigenvalue weighted by atomic mass is 10.1. The van der Waals surface area contributed by atoms with Crippen molar-refractivity contribution in [2.24, 2.45) is 0 Å². The van der Waals surface area contributed by atoms with Gasteiger partial charge >= 0.3 is 0 Å². The number of sulfonamides is 1. The molecule has 7 nitrogen and oxygen atoms in total. The topological polar surface area (TPSA) is 86.8 Å². The summed E-state index contributed by atoms with van der Waals surface area (Å²) in [6, 6.07) is 21.0. The molecule has 0 spiro atoms. The van der Waals surface area contributed by atoms with Crippen molar-refractivity contribution in [3.05, 3.63) is 95.0 Å². The summed E-state index contributed by atoms with van der Waals surface area (Å²) < 4.78 is 28.5. The van der Waals surface area contributed by atoms with Crippen LogP contribution in [0.25, 0.3) is 0 Å². The molecule has 0 aromatic heterocycles. The summed E-state index contributed by atoms with van der Waals surface area (Å²) >= 11 is 5.97. The van der Waals surface area contributed by atoms with Gasteiger partial charge in [0.25, 0.3) is 10.0 Å². The summed E-state index contributed by atoms with van der Waals surface area (Å²) in [5.74, 6) is -0.801. The van der Waals surface area contributed by atoms with Crippen molar-refractivity contribution in [3.8, 4) is 0 Å². The number of carbonyl (C=O) groups is 2. The molecule has 2 amide bonds. The van der Waals surface area contributed by atoms with Gasteiger partial charge in [-0.3, -0.25) is 13.9 Å². The van der Waals surface area contributed by atoms with E-state index in [1.807, 2.05) is 45.0 Å². The molecule has 3 aromatic rings. The first-order valence-corrected chi connectivity index (χ1v) is 14.3. The number of nitrogens with zero attached hydrogens (tertiary/aromatic N) is 2. The molecule has 3 rings (SSSR count). The maximum Gasteiger partial charge on any atom is 0.264 e. The highest BCUT2D eigenvalue weighted by molar-refractivity contribution is 7.92. The molecule has 0 fully saturated rings. The zero-order chi connectivity index (χ0) is 27.9. The second-order valence-electron chi connectivity index (χ2n) is 9.30. The minimum absolute atomic E-state index is 0.00574. The van der Waals surface area contributed by atoms with Gasteiger partial charge < -0.3 is 10.2 Å². The molecule has 0 heterocycles. The maximum absolute atomic E-state index is 13.9. The molecule has 0 saturated carbocycles. The van der Waals surface area contributed by atoms with Crippen LogP contribution in [0.4, 0.5) is 5.69 Å². The minimum Gasteiger partial charge on any atom is -0.352 e. The fraction of sp³-hybridized carbons (Fsp3) is 0.310. The fourth-order valence-electron chi connectivity index (χ4n) is 3.80. The molecule has 3 aromatic carbocycles. The van der Waals surface area contributed by atoms with Crippen LogP contribution in [0.2, 0.25) is 5.02 Å². The Morgan fingerprint density at radius 1 is 0.921 bits per heavy atom. The Kier molecular flexibility index (Phi) is 9.94. The number of hydrogen-bond donors (Lipinski definition) is 1. The zero-order valence-electron chi connectivity index (χ0n) is 22.1. The van der Waals surface area contributed by atoms with Gasteiger partial charge in [0.2, 0.25) is 11.8 Å². The third kappa shape index (κ3) is 7.36. The number of anilines is 1. The molecular formula is C29H34ClN3O4S. The third-order valence-electron chi connectivity index (χ3n) is 6.37. The molecule has 9 heteroatoms. The fourth-order valence-corrected chi connectivity index (χ4v) is 5.34. The van der Waals surface area contributed by atoms with Crippen LogP contribution in [-0.4, -0.2) is 43.8 Å². The Labute approximate surface area is 230 Å². The smallest absolute Gasteiger partial charge is 0.264 e. The van der Waals surface area contributed by atoms with E-state index >= 15 is 0 Å². The average molecular weight is 556 g/mol. The number of carbonyl (C=O) groups excluding carboxylic acids is 2. The zero-order valence-corrected chi connectivity index (χ0v) is 23.7. The van der Waals surface area contributed by atoms with Gasteiger partial charge in [0.05, 0.1) is 10.6 Å². The predicted molar refractivity (Wildman–Crippen MR) is 152 cm³/mol. The van der Waals surface area contributed by atoms with Crippen LogP contribution in [-0.2, 0) is 26.2 Å². The van der Waals surface area contributed by atoms with Gasteiger partial charge in [-0.15, -0.1) is 0 Å². The highest BCUT2D eigenvalue weighted by atomic mass is 35.5.